The zero-order chi connectivity index (χ0) is 24.3. The van der Waals surface area contributed by atoms with Crippen molar-refractivity contribution in [2.45, 2.75) is 44.2 Å². The summed E-state index contributed by atoms with van der Waals surface area (Å²) in [5, 5.41) is 12.9. The highest BCUT2D eigenvalue weighted by atomic mass is 19.1. The summed E-state index contributed by atoms with van der Waals surface area (Å²) in [6.07, 6.45) is 16.0. The molecule has 8 heteroatoms. The first-order valence-corrected chi connectivity index (χ1v) is 10.9. The number of carbonyl (C=O) groups is 2. The van der Waals surface area contributed by atoms with Gasteiger partial charge in [-0.05, 0) is 51.1 Å². The zero-order valence-electron chi connectivity index (χ0n) is 19.4. The van der Waals surface area contributed by atoms with Crippen molar-refractivity contribution in [2.75, 3.05) is 27.2 Å². The molecule has 2 atom stereocenters. The number of nitrogens with one attached hydrogen (secondary N) is 1. The Morgan fingerprint density at radius 2 is 2.15 bits per heavy atom. The smallest absolute Gasteiger partial charge is 0.348 e. The summed E-state index contributed by atoms with van der Waals surface area (Å²) < 4.78 is 25.8. The van der Waals surface area contributed by atoms with E-state index in [-0.39, 0.29) is 18.2 Å². The Balaban J connectivity index is 2.03. The number of carbonyl (C=O) groups excluding carboxylic acids is 1. The Kier molecular flexibility index (Phi) is 10.1. The standard InChI is InChI=1S/C25H33FN2O5/c1-25(24(30)31,33-23-11-6-4-5-10-22(23)26)16-19-8-7-9-21(13-12-19)32-15-14-20(17-27-2)28(3)18-29/h4-5,7,9-13,18,20,27H,6,8,14-17H2,1-3H3,(H,30,31)/t20-,25-/m0/s1. The molecule has 0 aromatic carbocycles. The van der Waals surface area contributed by atoms with Crippen molar-refractivity contribution in [3.05, 3.63) is 71.5 Å². The maximum atomic E-state index is 14.2. The molecule has 0 saturated carbocycles. The summed E-state index contributed by atoms with van der Waals surface area (Å²) >= 11 is 0. The largest absolute Gasteiger partial charge is 0.494 e. The quantitative estimate of drug-likeness (QED) is 0.407. The van der Waals surface area contributed by atoms with E-state index in [2.05, 4.69) is 5.32 Å². The average molecular weight is 461 g/mol. The number of halogens is 1. The Labute approximate surface area is 194 Å². The van der Waals surface area contributed by atoms with Crippen LogP contribution in [0.5, 0.6) is 0 Å². The van der Waals surface area contributed by atoms with Crippen molar-refractivity contribution in [1.82, 2.24) is 10.2 Å². The van der Waals surface area contributed by atoms with Crippen LogP contribution in [-0.2, 0) is 19.1 Å². The third-order valence-corrected chi connectivity index (χ3v) is 5.45. The minimum absolute atomic E-state index is 0.0188. The van der Waals surface area contributed by atoms with Crippen LogP contribution in [0.2, 0.25) is 0 Å². The number of carboxylic acid groups (broad SMARTS) is 1. The molecule has 0 heterocycles. The Morgan fingerprint density at radius 3 is 2.85 bits per heavy atom. The molecule has 33 heavy (non-hydrogen) atoms. The average Bonchev–Trinajstić information content (AvgIpc) is 3.13. The van der Waals surface area contributed by atoms with Crippen LogP contribution in [0.1, 0.15) is 32.6 Å². The lowest BCUT2D eigenvalue weighted by molar-refractivity contribution is -0.158. The molecule has 2 N–H and O–H groups in total. The van der Waals surface area contributed by atoms with Crippen LogP contribution in [0.25, 0.3) is 0 Å². The number of amides is 1. The molecule has 0 bridgehead atoms. The van der Waals surface area contributed by atoms with Crippen molar-refractivity contribution in [3.63, 3.8) is 0 Å². The SMILES string of the molecule is CNC[C@H](CCOC1=CC=C(C[C@](C)(OC2=CCC=CC=C2F)C(=O)O)CC=C1)N(C)C=O. The highest BCUT2D eigenvalue weighted by Crippen LogP contribution is 2.31. The molecule has 0 spiro atoms. The Hall–Kier alpha value is -3.13. The molecule has 0 aromatic heterocycles. The van der Waals surface area contributed by atoms with E-state index in [1.807, 2.05) is 25.3 Å². The minimum Gasteiger partial charge on any atom is -0.494 e. The molecule has 0 aliphatic heterocycles. The van der Waals surface area contributed by atoms with Crippen LogP contribution in [0.15, 0.2) is 71.5 Å². The maximum Gasteiger partial charge on any atom is 0.348 e. The number of carboxylic acids is 1. The van der Waals surface area contributed by atoms with Crippen molar-refractivity contribution >= 4 is 12.4 Å². The van der Waals surface area contributed by atoms with Crippen LogP contribution in [-0.4, -0.2) is 61.3 Å². The number of aliphatic carboxylic acids is 1. The summed E-state index contributed by atoms with van der Waals surface area (Å²) in [4.78, 5) is 24.7. The second-order valence-corrected chi connectivity index (χ2v) is 8.18. The molecule has 2 aliphatic carbocycles. The number of hydrogen-bond donors (Lipinski definition) is 2. The predicted octanol–water partition coefficient (Wildman–Crippen LogP) is 3.79. The van der Waals surface area contributed by atoms with Crippen LogP contribution in [0.3, 0.4) is 0 Å². The van der Waals surface area contributed by atoms with Crippen molar-refractivity contribution in [2.24, 2.45) is 0 Å². The van der Waals surface area contributed by atoms with E-state index < -0.39 is 17.4 Å². The van der Waals surface area contributed by atoms with Gasteiger partial charge in [0.25, 0.3) is 0 Å². The summed E-state index contributed by atoms with van der Waals surface area (Å²) in [6, 6.07) is 0.0188. The third kappa shape index (κ3) is 8.05. The van der Waals surface area contributed by atoms with E-state index in [0.717, 1.165) is 12.0 Å². The summed E-state index contributed by atoms with van der Waals surface area (Å²) in [6.45, 7) is 2.53. The van der Waals surface area contributed by atoms with Gasteiger partial charge in [-0.2, -0.15) is 0 Å². The number of rotatable bonds is 13. The van der Waals surface area contributed by atoms with Gasteiger partial charge < -0.3 is 24.8 Å². The Bertz CT molecular complexity index is 887. The van der Waals surface area contributed by atoms with E-state index in [1.54, 1.807) is 30.2 Å². The number of allylic oxidation sites excluding steroid dienone is 9. The fourth-order valence-electron chi connectivity index (χ4n) is 3.47. The number of ether oxygens (including phenoxy) is 2. The molecular weight excluding hydrogens is 427 g/mol. The Morgan fingerprint density at radius 1 is 1.36 bits per heavy atom. The fraction of sp³-hybridized carbons (Fsp3) is 0.440. The fourth-order valence-corrected chi connectivity index (χ4v) is 3.47. The molecule has 2 rings (SSSR count). The molecule has 0 unspecified atom stereocenters. The molecule has 2 aliphatic rings. The van der Waals surface area contributed by atoms with Crippen molar-refractivity contribution in [1.29, 1.82) is 0 Å². The third-order valence-electron chi connectivity index (χ3n) is 5.45. The molecule has 180 valence electrons. The molecule has 0 fully saturated rings. The molecule has 7 nitrogen and oxygen atoms in total. The van der Waals surface area contributed by atoms with Gasteiger partial charge in [-0.3, -0.25) is 4.79 Å². The van der Waals surface area contributed by atoms with E-state index in [4.69, 9.17) is 9.47 Å². The highest BCUT2D eigenvalue weighted by molar-refractivity contribution is 5.77. The van der Waals surface area contributed by atoms with Crippen LogP contribution >= 0.6 is 0 Å². The second kappa shape index (κ2) is 12.8. The van der Waals surface area contributed by atoms with E-state index in [1.165, 1.54) is 19.1 Å². The highest BCUT2D eigenvalue weighted by Gasteiger charge is 2.37. The van der Waals surface area contributed by atoms with Gasteiger partial charge in [0.1, 0.15) is 5.76 Å². The van der Waals surface area contributed by atoms with Crippen LogP contribution in [0, 0.1) is 0 Å². The number of likely N-dealkylation sites (N-methyl/N-ethyl adjacent to an activating group) is 2. The first-order valence-electron chi connectivity index (χ1n) is 10.9. The summed E-state index contributed by atoms with van der Waals surface area (Å²) in [5.74, 6) is -1.19. The van der Waals surface area contributed by atoms with E-state index >= 15 is 0 Å². The zero-order valence-corrected chi connectivity index (χ0v) is 19.4. The summed E-state index contributed by atoms with van der Waals surface area (Å²) in [7, 11) is 3.57. The van der Waals surface area contributed by atoms with E-state index in [0.29, 0.717) is 38.2 Å². The molecule has 0 aromatic rings. The van der Waals surface area contributed by atoms with Gasteiger partial charge in [-0.1, -0.05) is 29.9 Å². The lowest BCUT2D eigenvalue weighted by Gasteiger charge is -2.28. The van der Waals surface area contributed by atoms with Crippen molar-refractivity contribution in [3.8, 4) is 0 Å². The minimum atomic E-state index is -1.62. The van der Waals surface area contributed by atoms with Gasteiger partial charge in [0, 0.05) is 32.5 Å². The summed E-state index contributed by atoms with van der Waals surface area (Å²) in [5.41, 5.74) is -0.805. The van der Waals surface area contributed by atoms with Gasteiger partial charge in [-0.25, -0.2) is 9.18 Å². The lowest BCUT2D eigenvalue weighted by Crippen LogP contribution is -2.39. The first-order chi connectivity index (χ1) is 15.8. The van der Waals surface area contributed by atoms with Crippen LogP contribution in [0.4, 0.5) is 4.39 Å². The van der Waals surface area contributed by atoms with Gasteiger partial charge in [0.2, 0.25) is 12.0 Å². The van der Waals surface area contributed by atoms with Gasteiger partial charge in [0.05, 0.1) is 6.61 Å². The normalized spacial score (nSPS) is 18.4. The van der Waals surface area contributed by atoms with Crippen molar-refractivity contribution < 1.29 is 28.6 Å². The lowest BCUT2D eigenvalue weighted by atomic mass is 9.94. The maximum absolute atomic E-state index is 14.2. The first kappa shape index (κ1) is 26.1. The molecule has 1 amide bonds. The van der Waals surface area contributed by atoms with Gasteiger partial charge in [-0.15, -0.1) is 0 Å². The van der Waals surface area contributed by atoms with Gasteiger partial charge in [0.15, 0.2) is 11.6 Å². The monoisotopic (exact) mass is 460 g/mol. The number of hydrogen-bond acceptors (Lipinski definition) is 5. The molecule has 0 radical (unpaired) electrons. The number of nitrogens with zero attached hydrogens (tertiary/aromatic N) is 1. The van der Waals surface area contributed by atoms with Crippen LogP contribution < -0.4 is 5.32 Å². The second-order valence-electron chi connectivity index (χ2n) is 8.18. The molecular formula is C25H33FN2O5. The van der Waals surface area contributed by atoms with E-state index in [9.17, 15) is 19.1 Å². The molecule has 0 saturated heterocycles. The van der Waals surface area contributed by atoms with Gasteiger partial charge >= 0.3 is 5.97 Å². The predicted molar refractivity (Wildman–Crippen MR) is 125 cm³/mol. The topological polar surface area (TPSA) is 88.1 Å².